The zero-order chi connectivity index (χ0) is 37.6. The fourth-order valence-corrected chi connectivity index (χ4v) is 7.15. The van der Waals surface area contributed by atoms with Crippen LogP contribution in [-0.4, -0.2) is 60.4 Å². The Kier molecular flexibility index (Phi) is 12.3. The highest BCUT2D eigenvalue weighted by Gasteiger charge is 2.37. The third-order valence-electron chi connectivity index (χ3n) is 9.20. The van der Waals surface area contributed by atoms with Crippen LogP contribution in [-0.2, 0) is 22.4 Å². The number of alkyl halides is 2. The number of carbonyl (C=O) groups excluding carboxylic acids is 2. The normalized spacial score (nSPS) is 18.5. The van der Waals surface area contributed by atoms with E-state index in [1.165, 1.54) is 53.7 Å². The van der Waals surface area contributed by atoms with Gasteiger partial charge in [-0.05, 0) is 105 Å². The first-order valence-corrected chi connectivity index (χ1v) is 18.0. The third-order valence-corrected chi connectivity index (χ3v) is 9.85. The SMILES string of the molecule is CC(C)Oc1cc([C@H](Cc2c(Cl)cncc2Cl)OC(=O)c2cccc(CN(C(=O)O[C@H]3CN4CCC3CC4)c3cccc(F)c3)c2)ccc1OC(F)F. The van der Waals surface area contributed by atoms with Crippen molar-refractivity contribution in [3.8, 4) is 11.5 Å². The van der Waals surface area contributed by atoms with Gasteiger partial charge in [0.25, 0.3) is 0 Å². The second-order valence-corrected chi connectivity index (χ2v) is 14.1. The smallest absolute Gasteiger partial charge is 0.414 e. The molecule has 3 saturated heterocycles. The van der Waals surface area contributed by atoms with Crippen molar-refractivity contribution in [1.82, 2.24) is 9.88 Å². The summed E-state index contributed by atoms with van der Waals surface area (Å²) in [4.78, 5) is 35.2. The molecule has 2 bridgehead atoms. The fraction of sp³-hybridized carbons (Fsp3) is 0.359. The largest absolute Gasteiger partial charge is 0.487 e. The van der Waals surface area contributed by atoms with E-state index in [0.29, 0.717) is 28.9 Å². The van der Waals surface area contributed by atoms with Gasteiger partial charge < -0.3 is 18.9 Å². The van der Waals surface area contributed by atoms with Gasteiger partial charge >= 0.3 is 18.7 Å². The Labute approximate surface area is 315 Å². The Bertz CT molecular complexity index is 1910. The molecule has 3 aliphatic rings. The number of amides is 1. The molecule has 280 valence electrons. The topological polar surface area (TPSA) is 90.4 Å². The van der Waals surface area contributed by atoms with Crippen molar-refractivity contribution in [3.63, 3.8) is 0 Å². The number of hydrogen-bond donors (Lipinski definition) is 0. The highest BCUT2D eigenvalue weighted by atomic mass is 35.5. The Morgan fingerprint density at radius 3 is 2.34 bits per heavy atom. The summed E-state index contributed by atoms with van der Waals surface area (Å²) >= 11 is 12.9. The van der Waals surface area contributed by atoms with Crippen LogP contribution in [0, 0.1) is 11.7 Å². The lowest BCUT2D eigenvalue weighted by molar-refractivity contribution is -0.0519. The maximum atomic E-state index is 14.4. The molecule has 0 unspecified atom stereocenters. The number of fused-ring (bicyclic) bond motifs is 3. The van der Waals surface area contributed by atoms with Crippen LogP contribution in [0.5, 0.6) is 11.5 Å². The molecule has 2 atom stereocenters. The first-order valence-electron chi connectivity index (χ1n) is 17.2. The lowest BCUT2D eigenvalue weighted by Crippen LogP contribution is -2.53. The van der Waals surface area contributed by atoms with Crippen LogP contribution in [0.15, 0.2) is 79.1 Å². The van der Waals surface area contributed by atoms with E-state index in [4.69, 9.17) is 37.4 Å². The van der Waals surface area contributed by atoms with E-state index in [1.807, 2.05) is 0 Å². The second kappa shape index (κ2) is 17.1. The van der Waals surface area contributed by atoms with Crippen molar-refractivity contribution in [3.05, 3.63) is 117 Å². The molecular formula is C39H38Cl2F3N3O6. The Morgan fingerprint density at radius 2 is 1.68 bits per heavy atom. The van der Waals surface area contributed by atoms with Crippen LogP contribution in [0.3, 0.4) is 0 Å². The Balaban J connectivity index is 1.27. The summed E-state index contributed by atoms with van der Waals surface area (Å²) in [6.45, 7) is 2.94. The summed E-state index contributed by atoms with van der Waals surface area (Å²) in [6.07, 6.45) is 2.40. The molecule has 4 heterocycles. The fourth-order valence-electron chi connectivity index (χ4n) is 6.63. The number of nitrogens with zero attached hydrogens (tertiary/aromatic N) is 3. The van der Waals surface area contributed by atoms with Crippen LogP contribution in [0.2, 0.25) is 10.0 Å². The summed E-state index contributed by atoms with van der Waals surface area (Å²) in [5, 5.41) is 0.471. The minimum Gasteiger partial charge on any atom is -0.487 e. The van der Waals surface area contributed by atoms with Gasteiger partial charge in [0.2, 0.25) is 0 Å². The number of halogens is 5. The summed E-state index contributed by atoms with van der Waals surface area (Å²) in [5.74, 6) is -1.15. The monoisotopic (exact) mass is 771 g/mol. The molecule has 53 heavy (non-hydrogen) atoms. The average molecular weight is 773 g/mol. The number of pyridine rings is 1. The molecular weight excluding hydrogens is 734 g/mol. The van der Waals surface area contributed by atoms with E-state index in [2.05, 4.69) is 14.6 Å². The van der Waals surface area contributed by atoms with Crippen molar-refractivity contribution < 1.29 is 41.7 Å². The predicted octanol–water partition coefficient (Wildman–Crippen LogP) is 9.29. The predicted molar refractivity (Wildman–Crippen MR) is 193 cm³/mol. The quantitative estimate of drug-likeness (QED) is 0.124. The van der Waals surface area contributed by atoms with E-state index in [0.717, 1.165) is 25.9 Å². The lowest BCUT2D eigenvalue weighted by atomic mass is 9.86. The molecule has 0 N–H and O–H groups in total. The molecule has 4 aromatic rings. The molecule has 14 heteroatoms. The van der Waals surface area contributed by atoms with Gasteiger partial charge in [-0.2, -0.15) is 8.78 Å². The van der Waals surface area contributed by atoms with Gasteiger partial charge in [0.05, 0.1) is 33.9 Å². The summed E-state index contributed by atoms with van der Waals surface area (Å²) in [7, 11) is 0. The zero-order valence-corrected chi connectivity index (χ0v) is 30.5. The highest BCUT2D eigenvalue weighted by Crippen LogP contribution is 2.37. The Morgan fingerprint density at radius 1 is 0.943 bits per heavy atom. The summed E-state index contributed by atoms with van der Waals surface area (Å²) < 4.78 is 63.4. The number of aromatic nitrogens is 1. The maximum absolute atomic E-state index is 14.4. The maximum Gasteiger partial charge on any atom is 0.414 e. The minimum absolute atomic E-state index is 0.000562. The number of rotatable bonds is 13. The number of piperidine rings is 3. The van der Waals surface area contributed by atoms with Crippen molar-refractivity contribution in [2.45, 2.75) is 64.6 Å². The average Bonchev–Trinajstić information content (AvgIpc) is 3.12. The number of ether oxygens (including phenoxy) is 4. The summed E-state index contributed by atoms with van der Waals surface area (Å²) in [6, 6.07) is 16.4. The molecule has 1 amide bonds. The van der Waals surface area contributed by atoms with Crippen LogP contribution in [0.1, 0.15) is 59.8 Å². The lowest BCUT2D eigenvalue weighted by Gasteiger charge is -2.44. The van der Waals surface area contributed by atoms with E-state index in [1.54, 1.807) is 44.2 Å². The van der Waals surface area contributed by atoms with E-state index < -0.39 is 36.7 Å². The number of carbonyl (C=O) groups is 2. The van der Waals surface area contributed by atoms with Crippen LogP contribution < -0.4 is 14.4 Å². The molecule has 3 fully saturated rings. The van der Waals surface area contributed by atoms with Gasteiger partial charge in [-0.3, -0.25) is 14.8 Å². The van der Waals surface area contributed by atoms with Gasteiger partial charge in [-0.1, -0.05) is 47.5 Å². The molecule has 3 aromatic carbocycles. The molecule has 0 saturated carbocycles. The first kappa shape index (κ1) is 38.2. The van der Waals surface area contributed by atoms with Crippen molar-refractivity contribution >= 4 is 41.0 Å². The van der Waals surface area contributed by atoms with Crippen molar-refractivity contribution in [1.29, 1.82) is 0 Å². The molecule has 3 aliphatic heterocycles. The van der Waals surface area contributed by atoms with E-state index in [9.17, 15) is 22.8 Å². The molecule has 9 nitrogen and oxygen atoms in total. The van der Waals surface area contributed by atoms with Gasteiger partial charge in [0.1, 0.15) is 18.0 Å². The standard InChI is InChI=1S/C39H38Cl2F3N3O6/c1-23(2)50-35-16-26(9-10-33(35)52-38(43)44)34(18-30-31(40)19-45-20-32(30)41)51-37(48)27-6-3-5-24(15-27)21-47(29-8-4-7-28(42)17-29)39(49)53-36-22-46-13-11-25(36)12-14-46/h3-10,15-17,19-20,23,25,34,36,38H,11-14,18,21-22H2,1-2H3/t34-,36-/m0/s1. The first-order chi connectivity index (χ1) is 25.4. The van der Waals surface area contributed by atoms with Gasteiger partial charge in [-0.25, -0.2) is 14.0 Å². The van der Waals surface area contributed by atoms with Gasteiger partial charge in [-0.15, -0.1) is 0 Å². The number of esters is 1. The van der Waals surface area contributed by atoms with E-state index in [-0.39, 0.29) is 52.1 Å². The number of hydrogen-bond acceptors (Lipinski definition) is 8. The van der Waals surface area contributed by atoms with Crippen LogP contribution in [0.25, 0.3) is 0 Å². The van der Waals surface area contributed by atoms with E-state index >= 15 is 0 Å². The van der Waals surface area contributed by atoms with Crippen LogP contribution >= 0.6 is 23.2 Å². The highest BCUT2D eigenvalue weighted by molar-refractivity contribution is 6.35. The van der Waals surface area contributed by atoms with Crippen molar-refractivity contribution in [2.75, 3.05) is 24.5 Å². The van der Waals surface area contributed by atoms with Gasteiger partial charge in [0.15, 0.2) is 11.5 Å². The van der Waals surface area contributed by atoms with Crippen molar-refractivity contribution in [2.24, 2.45) is 5.92 Å². The van der Waals surface area contributed by atoms with Gasteiger partial charge in [0, 0.05) is 25.4 Å². The molecule has 0 radical (unpaired) electrons. The number of anilines is 1. The molecule has 1 aromatic heterocycles. The number of benzene rings is 3. The Hall–Kier alpha value is -4.52. The van der Waals surface area contributed by atoms with Crippen LogP contribution in [0.4, 0.5) is 23.7 Å². The molecule has 0 spiro atoms. The molecule has 0 aliphatic carbocycles. The zero-order valence-electron chi connectivity index (χ0n) is 29.0. The minimum atomic E-state index is -3.09. The summed E-state index contributed by atoms with van der Waals surface area (Å²) in [5.41, 5.74) is 1.84. The molecule has 7 rings (SSSR count). The third kappa shape index (κ3) is 9.73. The second-order valence-electron chi connectivity index (χ2n) is 13.3.